The summed E-state index contributed by atoms with van der Waals surface area (Å²) in [6.07, 6.45) is 8.16. The van der Waals surface area contributed by atoms with Gasteiger partial charge in [0.1, 0.15) is 0 Å². The van der Waals surface area contributed by atoms with E-state index in [1.807, 2.05) is 11.1 Å². The molecule has 0 bridgehead atoms. The van der Waals surface area contributed by atoms with E-state index in [1.165, 1.54) is 38.5 Å². The first-order valence-corrected chi connectivity index (χ1v) is 7.63. The molecule has 6 aliphatic carbocycles. The fourth-order valence-electron chi connectivity index (χ4n) is 6.43. The van der Waals surface area contributed by atoms with Crippen LogP contribution >= 0.6 is 0 Å². The molecule has 6 fully saturated rings. The first-order valence-electron chi connectivity index (χ1n) is 7.63. The van der Waals surface area contributed by atoms with Gasteiger partial charge in [0.15, 0.2) is 0 Å². The molecular weight excluding hydrogens is 224 g/mol. The number of aliphatic hydroxyl groups is 2. The molecule has 2 nitrogen and oxygen atoms in total. The second-order valence-electron chi connectivity index (χ2n) is 8.31. The van der Waals surface area contributed by atoms with Crippen molar-refractivity contribution in [2.45, 2.75) is 38.5 Å². The van der Waals surface area contributed by atoms with Crippen molar-refractivity contribution in [3.05, 3.63) is 11.1 Å². The molecule has 0 unspecified atom stereocenters. The maximum Gasteiger partial charge on any atom is 0.0465 e. The molecule has 0 amide bonds. The topological polar surface area (TPSA) is 40.5 Å². The molecule has 0 aromatic rings. The number of allylic oxidation sites excluding steroid dienone is 2. The zero-order chi connectivity index (χ0) is 12.0. The Morgan fingerprint density at radius 1 is 0.833 bits per heavy atom. The molecule has 0 aromatic heterocycles. The molecule has 0 aliphatic heterocycles. The van der Waals surface area contributed by atoms with Gasteiger partial charge < -0.3 is 10.2 Å². The Balaban J connectivity index is 1.29. The van der Waals surface area contributed by atoms with Crippen LogP contribution in [0.15, 0.2) is 11.1 Å². The minimum Gasteiger partial charge on any atom is -0.396 e. The summed E-state index contributed by atoms with van der Waals surface area (Å²) in [5.74, 6) is 1.29. The summed E-state index contributed by atoms with van der Waals surface area (Å²) in [7, 11) is 0. The number of fused-ring (bicyclic) bond motifs is 2. The third-order valence-corrected chi connectivity index (χ3v) is 8.02. The highest BCUT2D eigenvalue weighted by Crippen LogP contribution is 2.99. The van der Waals surface area contributed by atoms with Crippen molar-refractivity contribution in [3.63, 3.8) is 0 Å². The average Bonchev–Trinajstić information content (AvgIpc) is 3.20. The van der Waals surface area contributed by atoms with Gasteiger partial charge in [-0.2, -0.15) is 0 Å². The zero-order valence-corrected chi connectivity index (χ0v) is 10.7. The van der Waals surface area contributed by atoms with Crippen LogP contribution in [0.2, 0.25) is 0 Å². The molecule has 6 atom stereocenters. The van der Waals surface area contributed by atoms with E-state index >= 15 is 0 Å². The van der Waals surface area contributed by atoms with Crippen molar-refractivity contribution < 1.29 is 10.2 Å². The van der Waals surface area contributed by atoms with E-state index in [0.29, 0.717) is 46.7 Å². The van der Waals surface area contributed by atoms with Crippen LogP contribution in [0.3, 0.4) is 0 Å². The first-order chi connectivity index (χ1) is 8.68. The lowest BCUT2D eigenvalue weighted by molar-refractivity contribution is 0.264. The third kappa shape index (κ3) is 0.694. The Kier molecular flexibility index (Phi) is 1.14. The van der Waals surface area contributed by atoms with E-state index in [9.17, 15) is 10.2 Å². The Morgan fingerprint density at radius 3 is 1.61 bits per heavy atom. The van der Waals surface area contributed by atoms with E-state index in [0.717, 1.165) is 0 Å². The first kappa shape index (κ1) is 9.55. The van der Waals surface area contributed by atoms with E-state index in [-0.39, 0.29) is 0 Å². The fraction of sp³-hybridized carbons (Fsp3) is 0.875. The number of aliphatic hydroxyl groups excluding tert-OH is 2. The molecule has 2 heteroatoms. The minimum atomic E-state index is 0.423. The summed E-state index contributed by atoms with van der Waals surface area (Å²) < 4.78 is 0. The lowest BCUT2D eigenvalue weighted by Gasteiger charge is -1.90. The van der Waals surface area contributed by atoms with Gasteiger partial charge in [0.2, 0.25) is 0 Å². The predicted octanol–water partition coefficient (Wildman–Crippen LogP) is 1.87. The molecule has 4 spiro atoms. The minimum absolute atomic E-state index is 0.423. The van der Waals surface area contributed by atoms with Gasteiger partial charge in [-0.3, -0.25) is 0 Å². The van der Waals surface area contributed by atoms with E-state index in [2.05, 4.69) is 0 Å². The number of hydrogen-bond donors (Lipinski definition) is 2. The van der Waals surface area contributed by atoms with Crippen molar-refractivity contribution in [2.75, 3.05) is 13.2 Å². The van der Waals surface area contributed by atoms with Crippen molar-refractivity contribution >= 4 is 0 Å². The highest BCUT2D eigenvalue weighted by Gasteiger charge is 2.91. The molecule has 0 aromatic carbocycles. The lowest BCUT2D eigenvalue weighted by atomic mass is 10.2. The molecule has 6 aliphatic rings. The second kappa shape index (κ2) is 2.14. The van der Waals surface area contributed by atoms with Gasteiger partial charge in [-0.1, -0.05) is 11.1 Å². The predicted molar refractivity (Wildman–Crippen MR) is 65.6 cm³/mol. The second-order valence-corrected chi connectivity index (χ2v) is 8.31. The Morgan fingerprint density at radius 2 is 1.28 bits per heavy atom. The molecular formula is C16H20O2. The van der Waals surface area contributed by atoms with Crippen LogP contribution in [-0.4, -0.2) is 23.4 Å². The van der Waals surface area contributed by atoms with Crippen LogP contribution in [0, 0.1) is 33.5 Å². The monoisotopic (exact) mass is 244 g/mol. The van der Waals surface area contributed by atoms with Crippen molar-refractivity contribution in [1.29, 1.82) is 0 Å². The third-order valence-electron chi connectivity index (χ3n) is 8.02. The smallest absolute Gasteiger partial charge is 0.0465 e. The lowest BCUT2D eigenvalue weighted by Crippen LogP contribution is -1.91. The van der Waals surface area contributed by atoms with Crippen LogP contribution < -0.4 is 0 Å². The maximum atomic E-state index is 9.31. The SMILES string of the molecule is OC[C@@H]1C[C@]12C[C@]21C/C1=C1/C[C@]12C[C@]21C[C@H]1CO. The van der Waals surface area contributed by atoms with Gasteiger partial charge in [0, 0.05) is 24.0 Å². The van der Waals surface area contributed by atoms with E-state index in [1.54, 1.807) is 0 Å². The van der Waals surface area contributed by atoms with Crippen molar-refractivity contribution in [3.8, 4) is 0 Å². The van der Waals surface area contributed by atoms with E-state index in [4.69, 9.17) is 0 Å². The van der Waals surface area contributed by atoms with Crippen LogP contribution in [0.5, 0.6) is 0 Å². The highest BCUT2D eigenvalue weighted by atomic mass is 16.3. The molecule has 0 saturated heterocycles. The van der Waals surface area contributed by atoms with E-state index < -0.39 is 0 Å². The summed E-state index contributed by atoms with van der Waals surface area (Å²) in [5, 5.41) is 18.6. The largest absolute Gasteiger partial charge is 0.396 e. The molecule has 96 valence electrons. The Hall–Kier alpha value is -0.340. The van der Waals surface area contributed by atoms with Gasteiger partial charge in [-0.15, -0.1) is 0 Å². The maximum absolute atomic E-state index is 9.31. The Bertz CT molecular complexity index is 503. The summed E-state index contributed by atoms with van der Waals surface area (Å²) in [6.45, 7) is 0.845. The van der Waals surface area contributed by atoms with Crippen molar-refractivity contribution in [1.82, 2.24) is 0 Å². The van der Waals surface area contributed by atoms with Gasteiger partial charge in [-0.25, -0.2) is 0 Å². The summed E-state index contributed by atoms with van der Waals surface area (Å²) >= 11 is 0. The van der Waals surface area contributed by atoms with Crippen LogP contribution in [0.4, 0.5) is 0 Å². The molecule has 0 radical (unpaired) electrons. The molecule has 6 rings (SSSR count). The highest BCUT2D eigenvalue weighted by molar-refractivity contribution is 5.63. The van der Waals surface area contributed by atoms with Crippen molar-refractivity contribution in [2.24, 2.45) is 33.5 Å². The molecule has 0 heterocycles. The summed E-state index contributed by atoms with van der Waals surface area (Å²) in [4.78, 5) is 0. The van der Waals surface area contributed by atoms with Gasteiger partial charge in [-0.05, 0) is 61.2 Å². The fourth-order valence-corrected chi connectivity index (χ4v) is 6.43. The van der Waals surface area contributed by atoms with Crippen LogP contribution in [-0.2, 0) is 0 Å². The molecule has 2 N–H and O–H groups in total. The standard InChI is InChI=1S/C16H20O2/c17-5-9-1-13(9)7-15(13)3-11(15)12-4-16(12)8-14(16)2-10(14)6-18/h9-10,17-18H,1-8H2/b12-11+/t9-,10-,13-,14-,15-,16-/m0/s1. The quantitative estimate of drug-likeness (QED) is 0.728. The van der Waals surface area contributed by atoms with Crippen LogP contribution in [0.1, 0.15) is 38.5 Å². The zero-order valence-electron chi connectivity index (χ0n) is 10.7. The number of rotatable bonds is 2. The molecule has 18 heavy (non-hydrogen) atoms. The summed E-state index contributed by atoms with van der Waals surface area (Å²) in [5.41, 5.74) is 6.09. The normalized spacial score (nSPS) is 72.3. The van der Waals surface area contributed by atoms with Crippen LogP contribution in [0.25, 0.3) is 0 Å². The molecule has 6 saturated carbocycles. The average molecular weight is 244 g/mol. The van der Waals surface area contributed by atoms with Gasteiger partial charge in [0.25, 0.3) is 0 Å². The Labute approximate surface area is 107 Å². The number of hydrogen-bond acceptors (Lipinski definition) is 2. The van der Waals surface area contributed by atoms with Gasteiger partial charge in [0.05, 0.1) is 0 Å². The van der Waals surface area contributed by atoms with Gasteiger partial charge >= 0.3 is 0 Å². The summed E-state index contributed by atoms with van der Waals surface area (Å²) in [6, 6.07) is 0.